The minimum atomic E-state index is -0.218. The highest BCUT2D eigenvalue weighted by Gasteiger charge is 2.42. The lowest BCUT2D eigenvalue weighted by Crippen LogP contribution is -2.48. The van der Waals surface area contributed by atoms with Gasteiger partial charge in [-0.3, -0.25) is 9.59 Å². The summed E-state index contributed by atoms with van der Waals surface area (Å²) in [6.07, 6.45) is 6.53. The minimum Gasteiger partial charge on any atom is -0.484 e. The molecule has 3 aromatic rings. The molecule has 2 N–H and O–H groups in total. The van der Waals surface area contributed by atoms with Crippen molar-refractivity contribution in [3.8, 4) is 5.75 Å². The summed E-state index contributed by atoms with van der Waals surface area (Å²) >= 11 is 1.57. The van der Waals surface area contributed by atoms with Crippen LogP contribution in [0.1, 0.15) is 38.2 Å². The molecule has 7 heteroatoms. The van der Waals surface area contributed by atoms with E-state index in [2.05, 4.69) is 22.5 Å². The molecule has 1 aliphatic carbocycles. The van der Waals surface area contributed by atoms with E-state index in [0.29, 0.717) is 11.7 Å². The fourth-order valence-electron chi connectivity index (χ4n) is 5.05. The highest BCUT2D eigenvalue weighted by atomic mass is 32.2. The number of ether oxygens (including phenoxy) is 1. The molecule has 196 valence electrons. The molecule has 3 atom stereocenters. The van der Waals surface area contributed by atoms with Crippen LogP contribution >= 0.6 is 11.8 Å². The van der Waals surface area contributed by atoms with Crippen molar-refractivity contribution in [3.63, 3.8) is 0 Å². The van der Waals surface area contributed by atoms with Gasteiger partial charge in [-0.2, -0.15) is 0 Å². The number of rotatable bonds is 8. The molecular formula is C31H33N3O3S. The van der Waals surface area contributed by atoms with E-state index in [9.17, 15) is 9.59 Å². The molecule has 0 spiro atoms. The van der Waals surface area contributed by atoms with Crippen LogP contribution in [0, 0.1) is 5.92 Å². The molecule has 2 amide bonds. The Morgan fingerprint density at radius 1 is 0.947 bits per heavy atom. The standard InChI is InChI=1S/C31H33N3O3S/c1-22-10-8-9-15-27(22)34-30(36)28(38-31(34)33-25-13-6-3-7-14-25)20-23-16-18-26(19-17-23)37-21-29(35)32-24-11-4-2-5-12-24/h2-7,11-14,16-20,22,27,31,33H,8-10,15,21H2,1H3,(H,32,35)/b28-20-/t22-,27+,31?/m1/s1. The maximum Gasteiger partial charge on any atom is 0.262 e. The van der Waals surface area contributed by atoms with Gasteiger partial charge in [-0.25, -0.2) is 0 Å². The second kappa shape index (κ2) is 12.2. The zero-order valence-corrected chi connectivity index (χ0v) is 22.3. The Labute approximate surface area is 228 Å². The number of benzene rings is 3. The van der Waals surface area contributed by atoms with Crippen LogP contribution in [0.2, 0.25) is 0 Å². The predicted molar refractivity (Wildman–Crippen MR) is 155 cm³/mol. The van der Waals surface area contributed by atoms with E-state index in [1.165, 1.54) is 6.42 Å². The van der Waals surface area contributed by atoms with Gasteiger partial charge >= 0.3 is 0 Å². The number of thioether (sulfide) groups is 1. The van der Waals surface area contributed by atoms with Crippen molar-refractivity contribution in [1.82, 2.24) is 4.90 Å². The maximum atomic E-state index is 13.7. The lowest BCUT2D eigenvalue weighted by Gasteiger charge is -2.39. The van der Waals surface area contributed by atoms with Crippen molar-refractivity contribution < 1.29 is 14.3 Å². The molecule has 6 nitrogen and oxygen atoms in total. The molecule has 1 unspecified atom stereocenters. The first-order chi connectivity index (χ1) is 18.6. The summed E-state index contributed by atoms with van der Waals surface area (Å²) < 4.78 is 5.65. The minimum absolute atomic E-state index is 0.0783. The van der Waals surface area contributed by atoms with Crippen molar-refractivity contribution in [1.29, 1.82) is 0 Å². The third kappa shape index (κ3) is 6.40. The number of hydrogen-bond acceptors (Lipinski definition) is 5. The zero-order chi connectivity index (χ0) is 26.3. The molecule has 3 aromatic carbocycles. The second-order valence-electron chi connectivity index (χ2n) is 9.80. The number of nitrogens with one attached hydrogen (secondary N) is 2. The van der Waals surface area contributed by atoms with E-state index in [4.69, 9.17) is 4.74 Å². The quantitative estimate of drug-likeness (QED) is 0.323. The van der Waals surface area contributed by atoms with E-state index in [1.54, 1.807) is 11.8 Å². The number of amides is 2. The normalized spacial score (nSPS) is 22.3. The lowest BCUT2D eigenvalue weighted by atomic mass is 9.85. The summed E-state index contributed by atoms with van der Waals surface area (Å²) in [5.41, 5.74) is 2.51. The number of para-hydroxylation sites is 2. The van der Waals surface area contributed by atoms with Gasteiger partial charge in [-0.15, -0.1) is 0 Å². The summed E-state index contributed by atoms with van der Waals surface area (Å²) in [4.78, 5) is 28.6. The predicted octanol–water partition coefficient (Wildman–Crippen LogP) is 6.59. The summed E-state index contributed by atoms with van der Waals surface area (Å²) in [5.74, 6) is 0.940. The molecule has 0 bridgehead atoms. The smallest absolute Gasteiger partial charge is 0.262 e. The first-order valence-corrected chi connectivity index (χ1v) is 14.1. The van der Waals surface area contributed by atoms with Crippen molar-refractivity contribution >= 4 is 41.0 Å². The highest BCUT2D eigenvalue weighted by molar-refractivity contribution is 8.05. The molecule has 2 aliphatic rings. The van der Waals surface area contributed by atoms with E-state index in [-0.39, 0.29) is 30.0 Å². The van der Waals surface area contributed by atoms with Crippen LogP contribution in [0.4, 0.5) is 11.4 Å². The highest BCUT2D eigenvalue weighted by Crippen LogP contribution is 2.42. The molecule has 38 heavy (non-hydrogen) atoms. The molecule has 1 heterocycles. The first-order valence-electron chi connectivity index (χ1n) is 13.2. The van der Waals surface area contributed by atoms with E-state index in [0.717, 1.165) is 41.1 Å². The van der Waals surface area contributed by atoms with Crippen molar-refractivity contribution in [2.45, 2.75) is 44.1 Å². The number of carbonyl (C=O) groups is 2. The molecule has 1 aliphatic heterocycles. The van der Waals surface area contributed by atoms with Gasteiger partial charge in [0.1, 0.15) is 5.75 Å². The largest absolute Gasteiger partial charge is 0.484 e. The van der Waals surface area contributed by atoms with Crippen LogP contribution in [0.25, 0.3) is 6.08 Å². The van der Waals surface area contributed by atoms with Gasteiger partial charge in [-0.1, -0.05) is 80.1 Å². The summed E-state index contributed by atoms with van der Waals surface area (Å²) in [5, 5.41) is 6.39. The molecular weight excluding hydrogens is 494 g/mol. The van der Waals surface area contributed by atoms with Crippen LogP contribution in [0.3, 0.4) is 0 Å². The zero-order valence-electron chi connectivity index (χ0n) is 21.5. The van der Waals surface area contributed by atoms with Crippen molar-refractivity contribution in [3.05, 3.63) is 95.4 Å². The number of anilines is 2. The summed E-state index contributed by atoms with van der Waals surface area (Å²) in [6.45, 7) is 2.19. The molecule has 1 saturated carbocycles. The van der Waals surface area contributed by atoms with E-state index < -0.39 is 0 Å². The Bertz CT molecular complexity index is 1260. The van der Waals surface area contributed by atoms with Gasteiger partial charge < -0.3 is 20.3 Å². The van der Waals surface area contributed by atoms with Crippen LogP contribution in [0.5, 0.6) is 5.75 Å². The number of hydrogen-bond donors (Lipinski definition) is 2. The molecule has 0 radical (unpaired) electrons. The maximum absolute atomic E-state index is 13.7. The average molecular weight is 528 g/mol. The van der Waals surface area contributed by atoms with E-state index in [1.807, 2.05) is 91.0 Å². The van der Waals surface area contributed by atoms with Crippen molar-refractivity contribution in [2.75, 3.05) is 17.2 Å². The van der Waals surface area contributed by atoms with E-state index >= 15 is 0 Å². The van der Waals surface area contributed by atoms with Gasteiger partial charge in [0.05, 0.1) is 4.91 Å². The lowest BCUT2D eigenvalue weighted by molar-refractivity contribution is -0.129. The SMILES string of the molecule is C[C@@H]1CCCC[C@@H]1N1C(=O)/C(=C/c2ccc(OCC(=O)Nc3ccccc3)cc2)SC1Nc1ccccc1. The van der Waals surface area contributed by atoms with Crippen molar-refractivity contribution in [2.24, 2.45) is 5.92 Å². The molecule has 0 aromatic heterocycles. The Kier molecular flexibility index (Phi) is 8.34. The number of nitrogens with zero attached hydrogens (tertiary/aromatic N) is 1. The summed E-state index contributed by atoms with van der Waals surface area (Å²) in [7, 11) is 0. The van der Waals surface area contributed by atoms with Crippen LogP contribution in [-0.2, 0) is 9.59 Å². The van der Waals surface area contributed by atoms with Gasteiger partial charge in [0, 0.05) is 17.4 Å². The Balaban J connectivity index is 1.26. The molecule has 2 fully saturated rings. The van der Waals surface area contributed by atoms with Crippen LogP contribution in [-0.4, -0.2) is 34.9 Å². The Hall–Kier alpha value is -3.71. The molecule has 1 saturated heterocycles. The third-order valence-corrected chi connectivity index (χ3v) is 8.14. The monoisotopic (exact) mass is 527 g/mol. The first kappa shape index (κ1) is 25.9. The summed E-state index contributed by atoms with van der Waals surface area (Å²) in [6, 6.07) is 27.1. The fraction of sp³-hybridized carbons (Fsp3) is 0.290. The topological polar surface area (TPSA) is 70.7 Å². The third-order valence-electron chi connectivity index (χ3n) is 7.03. The number of carbonyl (C=O) groups excluding carboxylic acids is 2. The van der Waals surface area contributed by atoms with Crippen LogP contribution < -0.4 is 15.4 Å². The average Bonchev–Trinajstić information content (AvgIpc) is 3.23. The molecule has 5 rings (SSSR count). The van der Waals surface area contributed by atoms with Crippen LogP contribution in [0.15, 0.2) is 89.8 Å². The van der Waals surface area contributed by atoms with Gasteiger partial charge in [-0.05, 0) is 66.8 Å². The second-order valence-corrected chi connectivity index (χ2v) is 10.9. The van der Waals surface area contributed by atoms with Gasteiger partial charge in [0.25, 0.3) is 11.8 Å². The van der Waals surface area contributed by atoms with Gasteiger partial charge in [0.15, 0.2) is 12.1 Å². The Morgan fingerprint density at radius 3 is 2.29 bits per heavy atom. The Morgan fingerprint density at radius 2 is 1.61 bits per heavy atom. The fourth-order valence-corrected chi connectivity index (χ4v) is 6.26. The van der Waals surface area contributed by atoms with Gasteiger partial charge in [0.2, 0.25) is 0 Å².